The van der Waals surface area contributed by atoms with Gasteiger partial charge in [0, 0.05) is 6.54 Å². The predicted molar refractivity (Wildman–Crippen MR) is 101 cm³/mol. The van der Waals surface area contributed by atoms with Crippen LogP contribution in [0, 0.1) is 13.8 Å². The Kier molecular flexibility index (Phi) is 4.71. The summed E-state index contributed by atoms with van der Waals surface area (Å²) in [5.74, 6) is 0.607. The van der Waals surface area contributed by atoms with Gasteiger partial charge in [-0.3, -0.25) is 0 Å². The summed E-state index contributed by atoms with van der Waals surface area (Å²) in [5, 5.41) is 0. The van der Waals surface area contributed by atoms with Crippen molar-refractivity contribution in [3.63, 3.8) is 0 Å². The molecule has 0 radical (unpaired) electrons. The second-order valence-corrected chi connectivity index (χ2v) is 8.39. The molecule has 0 aliphatic heterocycles. The molecule has 7 heteroatoms. The van der Waals surface area contributed by atoms with Crippen molar-refractivity contribution in [2.75, 3.05) is 7.11 Å². The summed E-state index contributed by atoms with van der Waals surface area (Å²) in [5.41, 5.74) is 3.37. The topological polar surface area (TPSA) is 60.7 Å². The minimum atomic E-state index is -3.78. The van der Waals surface area contributed by atoms with Crippen LogP contribution in [0.1, 0.15) is 18.1 Å². The highest BCUT2D eigenvalue weighted by Gasteiger charge is 2.15. The Morgan fingerprint density at radius 2 is 1.76 bits per heavy atom. The van der Waals surface area contributed by atoms with Gasteiger partial charge in [0.05, 0.1) is 22.2 Å². The molecule has 5 nitrogen and oxygen atoms in total. The van der Waals surface area contributed by atoms with Gasteiger partial charge in [-0.1, -0.05) is 11.3 Å². The number of hydrogen-bond donors (Lipinski definition) is 0. The Morgan fingerprint density at radius 3 is 2.36 bits per heavy atom. The molecule has 1 heterocycles. The van der Waals surface area contributed by atoms with Crippen LogP contribution in [0.3, 0.4) is 0 Å². The van der Waals surface area contributed by atoms with E-state index < -0.39 is 10.0 Å². The molecule has 0 aliphatic rings. The SMILES string of the molecule is CCn1c(=NS(=O)(=O)c2ccc(OC)cc2)sc2cc(C)c(C)cc21. The molecule has 132 valence electrons. The Labute approximate surface area is 151 Å². The van der Waals surface area contributed by atoms with Crippen molar-refractivity contribution in [2.24, 2.45) is 4.40 Å². The minimum Gasteiger partial charge on any atom is -0.497 e. The van der Waals surface area contributed by atoms with Crippen LogP contribution in [0.4, 0.5) is 0 Å². The number of sulfonamides is 1. The maximum atomic E-state index is 12.7. The highest BCUT2D eigenvalue weighted by atomic mass is 32.2. The van der Waals surface area contributed by atoms with Crippen LogP contribution in [0.25, 0.3) is 10.2 Å². The van der Waals surface area contributed by atoms with Crippen molar-refractivity contribution in [2.45, 2.75) is 32.2 Å². The van der Waals surface area contributed by atoms with E-state index in [0.29, 0.717) is 17.1 Å². The van der Waals surface area contributed by atoms with E-state index in [1.54, 1.807) is 19.2 Å². The van der Waals surface area contributed by atoms with Gasteiger partial charge < -0.3 is 9.30 Å². The van der Waals surface area contributed by atoms with E-state index in [1.807, 2.05) is 11.5 Å². The Hall–Kier alpha value is -2.12. The minimum absolute atomic E-state index is 0.153. The molecule has 3 rings (SSSR count). The number of aromatic nitrogens is 1. The Morgan fingerprint density at radius 1 is 1.12 bits per heavy atom. The maximum Gasteiger partial charge on any atom is 0.285 e. The summed E-state index contributed by atoms with van der Waals surface area (Å²) in [6.45, 7) is 6.74. The normalized spacial score (nSPS) is 12.7. The average molecular weight is 377 g/mol. The van der Waals surface area contributed by atoms with E-state index in [9.17, 15) is 8.42 Å². The first-order valence-electron chi connectivity index (χ1n) is 7.91. The molecular weight excluding hydrogens is 356 g/mol. The van der Waals surface area contributed by atoms with E-state index in [2.05, 4.69) is 30.4 Å². The zero-order chi connectivity index (χ0) is 18.2. The fourth-order valence-corrected chi connectivity index (χ4v) is 4.98. The first-order chi connectivity index (χ1) is 11.9. The molecule has 0 aliphatic carbocycles. The molecule has 0 bridgehead atoms. The van der Waals surface area contributed by atoms with E-state index in [-0.39, 0.29) is 4.90 Å². The molecule has 0 atom stereocenters. The number of thiazole rings is 1. The van der Waals surface area contributed by atoms with E-state index in [0.717, 1.165) is 10.2 Å². The predicted octanol–water partition coefficient (Wildman–Crippen LogP) is 3.64. The van der Waals surface area contributed by atoms with Gasteiger partial charge in [-0.2, -0.15) is 8.42 Å². The fourth-order valence-electron chi connectivity index (χ4n) is 2.60. The van der Waals surface area contributed by atoms with Crippen LogP contribution in [-0.2, 0) is 16.6 Å². The van der Waals surface area contributed by atoms with Crippen LogP contribution in [0.2, 0.25) is 0 Å². The smallest absolute Gasteiger partial charge is 0.285 e. The lowest BCUT2D eigenvalue weighted by atomic mass is 10.1. The van der Waals surface area contributed by atoms with Crippen LogP contribution in [0.15, 0.2) is 45.7 Å². The molecule has 0 N–H and O–H groups in total. The number of methoxy groups -OCH3 is 1. The van der Waals surface area contributed by atoms with E-state index >= 15 is 0 Å². The number of nitrogens with zero attached hydrogens (tertiary/aromatic N) is 2. The number of hydrogen-bond acceptors (Lipinski definition) is 4. The van der Waals surface area contributed by atoms with E-state index in [1.165, 1.54) is 34.6 Å². The lowest BCUT2D eigenvalue weighted by Gasteiger charge is -2.04. The van der Waals surface area contributed by atoms with Gasteiger partial charge in [0.2, 0.25) is 4.80 Å². The van der Waals surface area contributed by atoms with Gasteiger partial charge in [-0.25, -0.2) is 0 Å². The molecular formula is C18H20N2O3S2. The molecule has 0 unspecified atom stereocenters. The lowest BCUT2D eigenvalue weighted by molar-refractivity contribution is 0.414. The number of aryl methyl sites for hydroxylation is 3. The molecule has 2 aromatic carbocycles. The number of fused-ring (bicyclic) bond motifs is 1. The third-order valence-electron chi connectivity index (χ3n) is 4.17. The lowest BCUT2D eigenvalue weighted by Crippen LogP contribution is -2.16. The molecule has 0 fully saturated rings. The molecule has 0 saturated heterocycles. The summed E-state index contributed by atoms with van der Waals surface area (Å²) in [6.07, 6.45) is 0. The van der Waals surface area contributed by atoms with Gasteiger partial charge in [0.15, 0.2) is 0 Å². The highest BCUT2D eigenvalue weighted by molar-refractivity contribution is 7.90. The van der Waals surface area contributed by atoms with Gasteiger partial charge in [0.1, 0.15) is 5.75 Å². The first kappa shape index (κ1) is 17.7. The standard InChI is InChI=1S/C18H20N2O3S2/c1-5-20-16-10-12(2)13(3)11-17(16)24-18(20)19-25(21,22)15-8-6-14(23-4)7-9-15/h6-11H,5H2,1-4H3. The van der Waals surface area contributed by atoms with Crippen molar-refractivity contribution >= 4 is 31.6 Å². The average Bonchev–Trinajstić information content (AvgIpc) is 2.90. The van der Waals surface area contributed by atoms with Crippen molar-refractivity contribution < 1.29 is 13.2 Å². The van der Waals surface area contributed by atoms with Gasteiger partial charge in [0.25, 0.3) is 10.0 Å². The molecule has 25 heavy (non-hydrogen) atoms. The van der Waals surface area contributed by atoms with Crippen molar-refractivity contribution in [3.8, 4) is 5.75 Å². The summed E-state index contributed by atoms with van der Waals surface area (Å²) in [4.78, 5) is 0.638. The van der Waals surface area contributed by atoms with Gasteiger partial charge in [-0.15, -0.1) is 4.40 Å². The fraction of sp³-hybridized carbons (Fsp3) is 0.278. The second kappa shape index (κ2) is 6.65. The van der Waals surface area contributed by atoms with Crippen LogP contribution >= 0.6 is 11.3 Å². The largest absolute Gasteiger partial charge is 0.497 e. The second-order valence-electron chi connectivity index (χ2n) is 5.77. The summed E-state index contributed by atoms with van der Waals surface area (Å²) in [6, 6.07) is 10.4. The summed E-state index contributed by atoms with van der Waals surface area (Å²) in [7, 11) is -2.24. The number of benzene rings is 2. The number of ether oxygens (including phenoxy) is 1. The Balaban J connectivity index is 2.19. The van der Waals surface area contributed by atoms with Crippen molar-refractivity contribution in [3.05, 3.63) is 52.3 Å². The quantitative estimate of drug-likeness (QED) is 0.698. The monoisotopic (exact) mass is 376 g/mol. The van der Waals surface area contributed by atoms with Crippen LogP contribution in [0.5, 0.6) is 5.75 Å². The van der Waals surface area contributed by atoms with Crippen molar-refractivity contribution in [1.82, 2.24) is 4.57 Å². The third kappa shape index (κ3) is 3.34. The summed E-state index contributed by atoms with van der Waals surface area (Å²) >= 11 is 1.39. The third-order valence-corrected chi connectivity index (χ3v) is 6.61. The highest BCUT2D eigenvalue weighted by Crippen LogP contribution is 2.23. The molecule has 0 amide bonds. The zero-order valence-corrected chi connectivity index (χ0v) is 16.2. The summed E-state index contributed by atoms with van der Waals surface area (Å²) < 4.78 is 37.5. The van der Waals surface area contributed by atoms with Crippen molar-refractivity contribution in [1.29, 1.82) is 0 Å². The molecule has 3 aromatic rings. The first-order valence-corrected chi connectivity index (χ1v) is 10.2. The van der Waals surface area contributed by atoms with Crippen LogP contribution < -0.4 is 9.54 Å². The molecule has 0 saturated carbocycles. The molecule has 0 spiro atoms. The molecule has 1 aromatic heterocycles. The Bertz CT molecular complexity index is 1090. The van der Waals surface area contributed by atoms with E-state index in [4.69, 9.17) is 4.74 Å². The van der Waals surface area contributed by atoms with Gasteiger partial charge in [-0.05, 0) is 68.3 Å². The zero-order valence-electron chi connectivity index (χ0n) is 14.6. The maximum absolute atomic E-state index is 12.7. The number of rotatable bonds is 4. The van der Waals surface area contributed by atoms with Gasteiger partial charge >= 0.3 is 0 Å². The van der Waals surface area contributed by atoms with Crippen LogP contribution in [-0.4, -0.2) is 20.1 Å².